The van der Waals surface area contributed by atoms with Gasteiger partial charge in [-0.05, 0) is 63.3 Å². The molecule has 132 valence electrons. The number of carbonyl (C=O) groups is 1. The highest BCUT2D eigenvalue weighted by Gasteiger charge is 2.41. The summed E-state index contributed by atoms with van der Waals surface area (Å²) in [7, 11) is 0. The van der Waals surface area contributed by atoms with Crippen LogP contribution in [0.25, 0.3) is 0 Å². The van der Waals surface area contributed by atoms with Crippen molar-refractivity contribution in [2.45, 2.75) is 83.3 Å². The van der Waals surface area contributed by atoms with Gasteiger partial charge in [0.25, 0.3) is 0 Å². The monoisotopic (exact) mass is 321 g/mol. The molecule has 2 bridgehead atoms. The minimum Gasteiger partial charge on any atom is -0.351 e. The number of amides is 1. The van der Waals surface area contributed by atoms with Crippen molar-refractivity contribution in [1.29, 1.82) is 0 Å². The molecule has 4 heteroatoms. The van der Waals surface area contributed by atoms with Crippen LogP contribution in [0.1, 0.15) is 65.2 Å². The van der Waals surface area contributed by atoms with Crippen molar-refractivity contribution in [3.05, 3.63) is 0 Å². The van der Waals surface area contributed by atoms with Gasteiger partial charge in [0.15, 0.2) is 0 Å². The van der Waals surface area contributed by atoms with E-state index in [1.54, 1.807) is 0 Å². The molecule has 0 spiro atoms. The molecule has 0 aromatic rings. The lowest BCUT2D eigenvalue weighted by molar-refractivity contribution is -0.127. The van der Waals surface area contributed by atoms with Gasteiger partial charge in [0, 0.05) is 18.6 Å². The quantitative estimate of drug-likeness (QED) is 0.818. The highest BCUT2D eigenvalue weighted by Crippen LogP contribution is 2.43. The molecule has 2 aliphatic carbocycles. The van der Waals surface area contributed by atoms with Crippen LogP contribution >= 0.6 is 0 Å². The highest BCUT2D eigenvalue weighted by molar-refractivity contribution is 5.82. The lowest BCUT2D eigenvalue weighted by Crippen LogP contribution is -2.55. The molecule has 3 N–H and O–H groups in total. The molecule has 6 unspecified atom stereocenters. The van der Waals surface area contributed by atoms with Crippen molar-refractivity contribution >= 4 is 5.91 Å². The molecule has 3 aliphatic rings. The minimum absolute atomic E-state index is 0.0554. The largest absolute Gasteiger partial charge is 0.351 e. The number of nitrogens with two attached hydrogens (primary N) is 1. The highest BCUT2D eigenvalue weighted by atomic mass is 16.2. The first-order valence-electron chi connectivity index (χ1n) is 9.88. The molecule has 1 aliphatic heterocycles. The third-order valence-electron chi connectivity index (χ3n) is 6.50. The number of carbonyl (C=O) groups excluding carboxylic acids is 1. The van der Waals surface area contributed by atoms with E-state index in [1.807, 2.05) is 6.92 Å². The van der Waals surface area contributed by atoms with E-state index < -0.39 is 0 Å². The number of hydrogen-bond acceptors (Lipinski definition) is 3. The molecule has 0 aromatic heterocycles. The van der Waals surface area contributed by atoms with Crippen molar-refractivity contribution < 1.29 is 4.79 Å². The van der Waals surface area contributed by atoms with Crippen LogP contribution in [0.3, 0.4) is 0 Å². The number of fused-ring (bicyclic) bond motifs is 2. The van der Waals surface area contributed by atoms with Crippen LogP contribution in [0.4, 0.5) is 0 Å². The summed E-state index contributed by atoms with van der Waals surface area (Å²) >= 11 is 0. The van der Waals surface area contributed by atoms with Gasteiger partial charge in [0.05, 0.1) is 6.04 Å². The zero-order valence-corrected chi connectivity index (χ0v) is 15.0. The maximum absolute atomic E-state index is 12.9. The van der Waals surface area contributed by atoms with E-state index in [-0.39, 0.29) is 18.0 Å². The Hall–Kier alpha value is -0.610. The Morgan fingerprint density at radius 1 is 1.26 bits per heavy atom. The molecule has 0 aromatic carbocycles. The summed E-state index contributed by atoms with van der Waals surface area (Å²) in [5.41, 5.74) is 5.96. The third-order valence-corrected chi connectivity index (χ3v) is 6.50. The summed E-state index contributed by atoms with van der Waals surface area (Å²) in [4.78, 5) is 15.2. The van der Waals surface area contributed by atoms with Gasteiger partial charge in [-0.3, -0.25) is 9.69 Å². The maximum atomic E-state index is 12.9. The first-order valence-corrected chi connectivity index (χ1v) is 9.88. The summed E-state index contributed by atoms with van der Waals surface area (Å²) in [6.07, 6.45) is 10.1. The van der Waals surface area contributed by atoms with Crippen LogP contribution in [0, 0.1) is 17.8 Å². The normalized spacial score (nSPS) is 39.2. The Morgan fingerprint density at radius 3 is 2.83 bits per heavy atom. The summed E-state index contributed by atoms with van der Waals surface area (Å²) in [5.74, 6) is 2.61. The number of likely N-dealkylation sites (tertiary alicyclic amines) is 1. The van der Waals surface area contributed by atoms with E-state index in [1.165, 1.54) is 38.5 Å². The van der Waals surface area contributed by atoms with Crippen LogP contribution in [0.15, 0.2) is 0 Å². The van der Waals surface area contributed by atoms with Gasteiger partial charge in [-0.25, -0.2) is 0 Å². The topological polar surface area (TPSA) is 58.4 Å². The molecule has 0 radical (unpaired) electrons. The number of rotatable bonds is 5. The summed E-state index contributed by atoms with van der Waals surface area (Å²) < 4.78 is 0. The van der Waals surface area contributed by atoms with E-state index >= 15 is 0 Å². The SMILES string of the molecule is CCC1CC2CCCC(C2)C1NC(=O)C1CCCN1CC(C)N. The molecule has 4 nitrogen and oxygen atoms in total. The Balaban J connectivity index is 1.63. The van der Waals surface area contributed by atoms with E-state index in [0.717, 1.165) is 37.8 Å². The fraction of sp³-hybridized carbons (Fsp3) is 0.947. The molecular weight excluding hydrogens is 286 g/mol. The van der Waals surface area contributed by atoms with Crippen LogP contribution in [0.5, 0.6) is 0 Å². The Labute approximate surface area is 141 Å². The van der Waals surface area contributed by atoms with Gasteiger partial charge in [0.2, 0.25) is 5.91 Å². The van der Waals surface area contributed by atoms with E-state index in [0.29, 0.717) is 12.0 Å². The molecule has 3 fully saturated rings. The first-order chi connectivity index (χ1) is 11.1. The van der Waals surface area contributed by atoms with E-state index in [9.17, 15) is 4.79 Å². The fourth-order valence-electron chi connectivity index (χ4n) is 5.46. The van der Waals surface area contributed by atoms with Crippen molar-refractivity contribution in [2.75, 3.05) is 13.1 Å². The summed E-state index contributed by atoms with van der Waals surface area (Å²) in [5, 5.41) is 3.50. The predicted molar refractivity (Wildman–Crippen MR) is 94.0 cm³/mol. The van der Waals surface area contributed by atoms with Gasteiger partial charge in [-0.2, -0.15) is 0 Å². The smallest absolute Gasteiger partial charge is 0.237 e. The Bertz CT molecular complexity index is 409. The van der Waals surface area contributed by atoms with Crippen LogP contribution in [-0.2, 0) is 4.79 Å². The van der Waals surface area contributed by atoms with Crippen molar-refractivity contribution in [2.24, 2.45) is 23.5 Å². The van der Waals surface area contributed by atoms with Gasteiger partial charge < -0.3 is 11.1 Å². The second kappa shape index (κ2) is 7.52. The van der Waals surface area contributed by atoms with Crippen LogP contribution < -0.4 is 11.1 Å². The second-order valence-electron chi connectivity index (χ2n) is 8.36. The van der Waals surface area contributed by atoms with E-state index in [4.69, 9.17) is 5.73 Å². The number of nitrogens with one attached hydrogen (secondary N) is 1. The number of hydrogen-bond donors (Lipinski definition) is 2. The standard InChI is InChI=1S/C19H35N3O/c1-3-15-10-14-6-4-7-16(11-14)18(15)21-19(23)17-8-5-9-22(17)12-13(2)20/h13-18H,3-12,20H2,1-2H3,(H,21,23). The maximum Gasteiger partial charge on any atom is 0.237 e. The molecular formula is C19H35N3O. The molecule has 1 saturated heterocycles. The van der Waals surface area contributed by atoms with Crippen molar-refractivity contribution in [3.63, 3.8) is 0 Å². The number of nitrogens with zero attached hydrogens (tertiary/aromatic N) is 1. The zero-order chi connectivity index (χ0) is 16.4. The van der Waals surface area contributed by atoms with Gasteiger partial charge >= 0.3 is 0 Å². The van der Waals surface area contributed by atoms with Crippen molar-refractivity contribution in [1.82, 2.24) is 10.2 Å². The molecule has 23 heavy (non-hydrogen) atoms. The van der Waals surface area contributed by atoms with Gasteiger partial charge in [-0.1, -0.05) is 26.2 Å². The van der Waals surface area contributed by atoms with Gasteiger partial charge in [0.1, 0.15) is 0 Å². The van der Waals surface area contributed by atoms with Gasteiger partial charge in [-0.15, -0.1) is 0 Å². The molecule has 3 rings (SSSR count). The van der Waals surface area contributed by atoms with Crippen molar-refractivity contribution in [3.8, 4) is 0 Å². The lowest BCUT2D eigenvalue weighted by atomic mass is 9.64. The summed E-state index contributed by atoms with van der Waals surface area (Å²) in [6, 6.07) is 0.613. The van der Waals surface area contributed by atoms with Crippen LogP contribution in [-0.4, -0.2) is 42.0 Å². The van der Waals surface area contributed by atoms with Crippen LogP contribution in [0.2, 0.25) is 0 Å². The van der Waals surface area contributed by atoms with E-state index in [2.05, 4.69) is 17.1 Å². The Kier molecular flexibility index (Phi) is 5.63. The molecule has 1 amide bonds. The molecule has 6 atom stereocenters. The molecule has 2 saturated carbocycles. The zero-order valence-electron chi connectivity index (χ0n) is 15.0. The average Bonchev–Trinajstić information content (AvgIpc) is 2.97. The minimum atomic E-state index is 0.0554. The molecule has 1 heterocycles. The average molecular weight is 322 g/mol. The fourth-order valence-corrected chi connectivity index (χ4v) is 5.46. The lowest BCUT2D eigenvalue weighted by Gasteiger charge is -2.46. The summed E-state index contributed by atoms with van der Waals surface area (Å²) in [6.45, 7) is 6.19. The first kappa shape index (κ1) is 17.2. The Morgan fingerprint density at radius 2 is 2.09 bits per heavy atom. The second-order valence-corrected chi connectivity index (χ2v) is 8.36. The predicted octanol–water partition coefficient (Wildman–Crippen LogP) is 2.52. The third kappa shape index (κ3) is 3.90.